The zero-order valence-electron chi connectivity index (χ0n) is 16.3. The second-order valence-corrected chi connectivity index (χ2v) is 9.21. The van der Waals surface area contributed by atoms with Crippen molar-refractivity contribution < 1.29 is 19.1 Å². The number of cyclic esters (lactones) is 1. The number of esters is 2. The third kappa shape index (κ3) is 3.10. The standard InChI is InChI=1S/C21H34O4/c1-14-6-9-17-20(2,11-5-12-21(17,3)19(23)24-4)16(14)8-7-15-10-13-25-18(15)22/h14-17H,5-13H2,1-4H3/t14?,15?,16-,17+,20+,21-/m0/s1. The fraction of sp³-hybridized carbons (Fsp3) is 0.905. The van der Waals surface area contributed by atoms with Crippen molar-refractivity contribution in [1.29, 1.82) is 0 Å². The predicted octanol–water partition coefficient (Wildman–Crippen LogP) is 4.36. The van der Waals surface area contributed by atoms with Crippen molar-refractivity contribution in [2.75, 3.05) is 13.7 Å². The lowest BCUT2D eigenvalue weighted by Crippen LogP contribution is -2.55. The highest BCUT2D eigenvalue weighted by Crippen LogP contribution is 2.62. The zero-order chi connectivity index (χ0) is 18.2. The number of ether oxygens (including phenoxy) is 2. The number of carbonyl (C=O) groups is 2. The van der Waals surface area contributed by atoms with Gasteiger partial charge in [-0.1, -0.05) is 26.7 Å². The van der Waals surface area contributed by atoms with Gasteiger partial charge in [0.25, 0.3) is 0 Å². The van der Waals surface area contributed by atoms with Gasteiger partial charge in [0, 0.05) is 0 Å². The number of hydrogen-bond acceptors (Lipinski definition) is 4. The normalized spacial score (nSPS) is 44.1. The molecule has 0 amide bonds. The molecule has 2 aliphatic carbocycles. The SMILES string of the molecule is COC(=O)[C@@]1(C)CCC[C@@]2(C)[C@H]1CCC(C)[C@@H]2CCC1CCOC1=O. The summed E-state index contributed by atoms with van der Waals surface area (Å²) in [6.45, 7) is 7.49. The monoisotopic (exact) mass is 350 g/mol. The Hall–Kier alpha value is -1.06. The van der Waals surface area contributed by atoms with Gasteiger partial charge in [0.15, 0.2) is 0 Å². The van der Waals surface area contributed by atoms with Crippen LogP contribution >= 0.6 is 0 Å². The van der Waals surface area contributed by atoms with Gasteiger partial charge in [0.05, 0.1) is 25.0 Å². The van der Waals surface area contributed by atoms with E-state index in [9.17, 15) is 9.59 Å². The molecule has 1 heterocycles. The Kier molecular flexibility index (Phi) is 5.18. The largest absolute Gasteiger partial charge is 0.469 e. The van der Waals surface area contributed by atoms with Crippen LogP contribution in [0.2, 0.25) is 0 Å². The Morgan fingerprint density at radius 1 is 1.20 bits per heavy atom. The van der Waals surface area contributed by atoms with Crippen molar-refractivity contribution >= 4 is 11.9 Å². The molecule has 4 nitrogen and oxygen atoms in total. The van der Waals surface area contributed by atoms with Gasteiger partial charge in [0.1, 0.15) is 0 Å². The summed E-state index contributed by atoms with van der Waals surface area (Å²) in [6, 6.07) is 0. The smallest absolute Gasteiger partial charge is 0.311 e. The van der Waals surface area contributed by atoms with Crippen LogP contribution in [-0.2, 0) is 19.1 Å². The first-order valence-electron chi connectivity index (χ1n) is 10.1. The van der Waals surface area contributed by atoms with Crippen LogP contribution in [0.5, 0.6) is 0 Å². The summed E-state index contributed by atoms with van der Waals surface area (Å²) in [6.07, 6.45) is 8.39. The summed E-state index contributed by atoms with van der Waals surface area (Å²) in [5, 5.41) is 0. The summed E-state index contributed by atoms with van der Waals surface area (Å²) in [4.78, 5) is 24.4. The highest BCUT2D eigenvalue weighted by molar-refractivity contribution is 5.77. The van der Waals surface area contributed by atoms with Gasteiger partial charge in [-0.3, -0.25) is 9.59 Å². The average Bonchev–Trinajstić information content (AvgIpc) is 2.98. The van der Waals surface area contributed by atoms with Gasteiger partial charge in [-0.2, -0.15) is 0 Å². The van der Waals surface area contributed by atoms with Gasteiger partial charge >= 0.3 is 11.9 Å². The lowest BCUT2D eigenvalue weighted by atomic mass is 9.45. The minimum absolute atomic E-state index is 0.00629. The van der Waals surface area contributed by atoms with Crippen LogP contribution in [0.25, 0.3) is 0 Å². The lowest BCUT2D eigenvalue weighted by Gasteiger charge is -2.59. The van der Waals surface area contributed by atoms with Crippen molar-refractivity contribution in [3.8, 4) is 0 Å². The van der Waals surface area contributed by atoms with E-state index in [1.807, 2.05) is 0 Å². The third-order valence-electron chi connectivity index (χ3n) is 7.94. The van der Waals surface area contributed by atoms with Gasteiger partial charge in [-0.25, -0.2) is 0 Å². The maximum Gasteiger partial charge on any atom is 0.311 e. The van der Waals surface area contributed by atoms with Crippen molar-refractivity contribution in [1.82, 2.24) is 0 Å². The minimum Gasteiger partial charge on any atom is -0.469 e. The van der Waals surface area contributed by atoms with Crippen molar-refractivity contribution in [2.24, 2.45) is 34.5 Å². The summed E-state index contributed by atoms with van der Waals surface area (Å²) < 4.78 is 10.3. The Bertz CT molecular complexity index is 530. The van der Waals surface area contributed by atoms with E-state index < -0.39 is 0 Å². The molecule has 0 bridgehead atoms. The predicted molar refractivity (Wildman–Crippen MR) is 95.8 cm³/mol. The third-order valence-corrected chi connectivity index (χ3v) is 7.94. The summed E-state index contributed by atoms with van der Waals surface area (Å²) in [5.41, 5.74) is -0.187. The zero-order valence-corrected chi connectivity index (χ0v) is 16.3. The maximum absolute atomic E-state index is 12.6. The summed E-state index contributed by atoms with van der Waals surface area (Å²) >= 11 is 0. The van der Waals surface area contributed by atoms with Gasteiger partial charge < -0.3 is 9.47 Å². The summed E-state index contributed by atoms with van der Waals surface area (Å²) in [5.74, 6) is 1.66. The average molecular weight is 350 g/mol. The molecular formula is C21H34O4. The molecule has 1 aliphatic heterocycles. The van der Waals surface area contributed by atoms with Gasteiger partial charge in [-0.15, -0.1) is 0 Å². The van der Waals surface area contributed by atoms with Crippen LogP contribution in [0.4, 0.5) is 0 Å². The van der Waals surface area contributed by atoms with Gasteiger partial charge in [-0.05, 0) is 68.6 Å². The molecular weight excluding hydrogens is 316 g/mol. The highest BCUT2D eigenvalue weighted by atomic mass is 16.5. The Balaban J connectivity index is 1.80. The van der Waals surface area contributed by atoms with E-state index >= 15 is 0 Å². The van der Waals surface area contributed by atoms with E-state index in [0.717, 1.165) is 38.5 Å². The number of hydrogen-bond donors (Lipinski definition) is 0. The molecule has 142 valence electrons. The molecule has 0 spiro atoms. The maximum atomic E-state index is 12.6. The highest BCUT2D eigenvalue weighted by Gasteiger charge is 2.58. The van der Waals surface area contributed by atoms with E-state index in [0.29, 0.717) is 24.4 Å². The molecule has 2 unspecified atom stereocenters. The molecule has 2 saturated carbocycles. The van der Waals surface area contributed by atoms with Crippen LogP contribution in [0.3, 0.4) is 0 Å². The van der Waals surface area contributed by atoms with Crippen molar-refractivity contribution in [2.45, 2.75) is 72.1 Å². The quantitative estimate of drug-likeness (QED) is 0.707. The second-order valence-electron chi connectivity index (χ2n) is 9.21. The van der Waals surface area contributed by atoms with E-state index in [2.05, 4.69) is 20.8 Å². The first-order chi connectivity index (χ1) is 11.8. The summed E-state index contributed by atoms with van der Waals surface area (Å²) in [7, 11) is 1.52. The van der Waals surface area contributed by atoms with Crippen LogP contribution in [0.15, 0.2) is 0 Å². The fourth-order valence-electron chi connectivity index (χ4n) is 6.56. The molecule has 3 aliphatic rings. The molecule has 0 aromatic rings. The first-order valence-corrected chi connectivity index (χ1v) is 10.1. The minimum atomic E-state index is -0.355. The lowest BCUT2D eigenvalue weighted by molar-refractivity contribution is -0.173. The van der Waals surface area contributed by atoms with Crippen LogP contribution in [0.1, 0.15) is 72.1 Å². The molecule has 3 rings (SSSR count). The van der Waals surface area contributed by atoms with Crippen LogP contribution < -0.4 is 0 Å². The molecule has 6 atom stereocenters. The molecule has 0 radical (unpaired) electrons. The number of fused-ring (bicyclic) bond motifs is 1. The van der Waals surface area contributed by atoms with Crippen molar-refractivity contribution in [3.63, 3.8) is 0 Å². The fourth-order valence-corrected chi connectivity index (χ4v) is 6.56. The van der Waals surface area contributed by atoms with Gasteiger partial charge in [0.2, 0.25) is 0 Å². The van der Waals surface area contributed by atoms with Crippen LogP contribution in [0, 0.1) is 34.5 Å². The van der Waals surface area contributed by atoms with E-state index in [1.54, 1.807) is 0 Å². The molecule has 0 aromatic heterocycles. The molecule has 0 N–H and O–H groups in total. The van der Waals surface area contributed by atoms with E-state index in [1.165, 1.54) is 20.0 Å². The number of rotatable bonds is 4. The Labute approximate surface area is 152 Å². The number of methoxy groups -OCH3 is 1. The second kappa shape index (κ2) is 6.92. The molecule has 25 heavy (non-hydrogen) atoms. The first kappa shape index (κ1) is 18.7. The van der Waals surface area contributed by atoms with E-state index in [-0.39, 0.29) is 28.7 Å². The number of carbonyl (C=O) groups excluding carboxylic acids is 2. The van der Waals surface area contributed by atoms with Crippen molar-refractivity contribution in [3.05, 3.63) is 0 Å². The Morgan fingerprint density at radius 2 is 1.96 bits per heavy atom. The Morgan fingerprint density at radius 3 is 2.60 bits per heavy atom. The molecule has 4 heteroatoms. The van der Waals surface area contributed by atoms with Crippen LogP contribution in [-0.4, -0.2) is 25.7 Å². The topological polar surface area (TPSA) is 52.6 Å². The molecule has 0 aromatic carbocycles. The van der Waals surface area contributed by atoms with E-state index in [4.69, 9.17) is 9.47 Å². The molecule has 3 fully saturated rings. The molecule has 1 saturated heterocycles.